The molecule has 118 valence electrons. The third-order valence-electron chi connectivity index (χ3n) is 2.99. The molecule has 0 aromatic heterocycles. The van der Waals surface area contributed by atoms with Crippen molar-refractivity contribution >= 4 is 11.6 Å². The van der Waals surface area contributed by atoms with Crippen LogP contribution in [-0.2, 0) is 17.5 Å². The zero-order valence-electron chi connectivity index (χ0n) is 12.1. The first-order chi connectivity index (χ1) is 9.79. The number of alkyl halides is 3. The minimum Gasteiger partial charge on any atom is -0.365 e. The van der Waals surface area contributed by atoms with E-state index in [1.807, 2.05) is 6.92 Å². The highest BCUT2D eigenvalue weighted by Crippen LogP contribution is 2.32. The average Bonchev–Trinajstić information content (AvgIpc) is 2.43. The smallest absolute Gasteiger partial charge is 0.365 e. The molecule has 0 radical (unpaired) electrons. The van der Waals surface area contributed by atoms with E-state index in [1.54, 1.807) is 11.9 Å². The number of rotatable bonds is 6. The van der Waals surface area contributed by atoms with Gasteiger partial charge in [-0.2, -0.15) is 13.2 Å². The summed E-state index contributed by atoms with van der Waals surface area (Å²) in [6.07, 6.45) is -3.58. The van der Waals surface area contributed by atoms with Crippen LogP contribution in [-0.4, -0.2) is 26.0 Å². The maximum atomic E-state index is 12.7. The quantitative estimate of drug-likeness (QED) is 0.846. The van der Waals surface area contributed by atoms with Crippen LogP contribution in [0.1, 0.15) is 24.5 Å². The van der Waals surface area contributed by atoms with Crippen molar-refractivity contribution in [3.63, 3.8) is 0 Å². The van der Waals surface area contributed by atoms with Gasteiger partial charge in [-0.15, -0.1) is 0 Å². The number of benzene rings is 1. The fourth-order valence-electron chi connectivity index (χ4n) is 1.92. The maximum Gasteiger partial charge on any atom is 0.416 e. The largest absolute Gasteiger partial charge is 0.416 e. The van der Waals surface area contributed by atoms with E-state index in [4.69, 9.17) is 5.73 Å². The number of hydrogen-bond donors (Lipinski definition) is 2. The van der Waals surface area contributed by atoms with E-state index >= 15 is 0 Å². The lowest BCUT2D eigenvalue weighted by molar-refractivity contribution is -0.137. The van der Waals surface area contributed by atoms with Gasteiger partial charge in [-0.3, -0.25) is 4.79 Å². The molecule has 1 rings (SSSR count). The minimum atomic E-state index is -4.40. The number of amides is 1. The zero-order chi connectivity index (χ0) is 16.0. The van der Waals surface area contributed by atoms with Crippen LogP contribution in [0.5, 0.6) is 0 Å². The van der Waals surface area contributed by atoms with Crippen molar-refractivity contribution in [2.75, 3.05) is 25.0 Å². The van der Waals surface area contributed by atoms with Crippen molar-refractivity contribution in [3.05, 3.63) is 29.3 Å². The second-order valence-electron chi connectivity index (χ2n) is 4.75. The van der Waals surface area contributed by atoms with E-state index in [2.05, 4.69) is 5.32 Å². The molecule has 1 aromatic carbocycles. The Morgan fingerprint density at radius 2 is 2.05 bits per heavy atom. The number of carbonyl (C=O) groups excluding carboxylic acids is 1. The summed E-state index contributed by atoms with van der Waals surface area (Å²) in [7, 11) is 1.65. The molecule has 0 aliphatic rings. The number of likely N-dealkylation sites (N-methyl/N-ethyl adjacent to an activating group) is 1. The highest BCUT2D eigenvalue weighted by molar-refractivity contribution is 5.81. The lowest BCUT2D eigenvalue weighted by Crippen LogP contribution is -2.36. The molecule has 21 heavy (non-hydrogen) atoms. The normalized spacial score (nSPS) is 11.3. The summed E-state index contributed by atoms with van der Waals surface area (Å²) in [6.45, 7) is 2.55. The summed E-state index contributed by atoms with van der Waals surface area (Å²) in [5.41, 5.74) is 5.66. The zero-order valence-corrected chi connectivity index (χ0v) is 12.1. The first-order valence-corrected chi connectivity index (χ1v) is 6.67. The Labute approximate surface area is 122 Å². The van der Waals surface area contributed by atoms with E-state index in [0.717, 1.165) is 18.6 Å². The Kier molecular flexibility index (Phi) is 6.02. The van der Waals surface area contributed by atoms with Crippen LogP contribution >= 0.6 is 0 Å². The predicted molar refractivity (Wildman–Crippen MR) is 75.9 cm³/mol. The number of nitrogens with zero attached hydrogens (tertiary/aromatic N) is 1. The van der Waals surface area contributed by atoms with Gasteiger partial charge in [0.25, 0.3) is 0 Å². The van der Waals surface area contributed by atoms with Gasteiger partial charge in [-0.1, -0.05) is 6.92 Å². The topological polar surface area (TPSA) is 58.4 Å². The molecular weight excluding hydrogens is 283 g/mol. The number of nitrogens with two attached hydrogens (primary N) is 1. The van der Waals surface area contributed by atoms with E-state index < -0.39 is 11.7 Å². The molecule has 0 heterocycles. The van der Waals surface area contributed by atoms with Crippen LogP contribution in [0, 0.1) is 0 Å². The van der Waals surface area contributed by atoms with Gasteiger partial charge >= 0.3 is 6.18 Å². The molecule has 1 aromatic rings. The predicted octanol–water partition coefficient (Wildman–Crippen LogP) is 2.13. The number of carbonyl (C=O) groups is 1. The molecule has 3 N–H and O–H groups in total. The number of hydrogen-bond acceptors (Lipinski definition) is 3. The van der Waals surface area contributed by atoms with Crippen molar-refractivity contribution in [3.8, 4) is 0 Å². The fraction of sp³-hybridized carbons (Fsp3) is 0.500. The van der Waals surface area contributed by atoms with Crippen LogP contribution in [0.15, 0.2) is 18.2 Å². The SMILES string of the molecule is CCCNC(=O)CN(C)c1ccc(C(F)(F)F)cc1CN. The van der Waals surface area contributed by atoms with Crippen LogP contribution in [0.25, 0.3) is 0 Å². The maximum absolute atomic E-state index is 12.7. The third-order valence-corrected chi connectivity index (χ3v) is 2.99. The number of anilines is 1. The molecule has 0 aliphatic carbocycles. The van der Waals surface area contributed by atoms with Crippen LogP contribution in [0.2, 0.25) is 0 Å². The Balaban J connectivity index is 2.89. The first kappa shape index (κ1) is 17.3. The molecule has 1 amide bonds. The highest BCUT2D eigenvalue weighted by atomic mass is 19.4. The Morgan fingerprint density at radius 1 is 1.38 bits per heavy atom. The summed E-state index contributed by atoms with van der Waals surface area (Å²) in [6, 6.07) is 3.36. The van der Waals surface area contributed by atoms with Crippen molar-refractivity contribution in [2.24, 2.45) is 5.73 Å². The van der Waals surface area contributed by atoms with Crippen LogP contribution in [0.3, 0.4) is 0 Å². The van der Waals surface area contributed by atoms with Crippen molar-refractivity contribution in [1.29, 1.82) is 0 Å². The van der Waals surface area contributed by atoms with E-state index in [-0.39, 0.29) is 19.0 Å². The molecule has 0 unspecified atom stereocenters. The summed E-state index contributed by atoms with van der Waals surface area (Å²) >= 11 is 0. The molecule has 0 spiro atoms. The van der Waals surface area contributed by atoms with Gasteiger partial charge in [-0.05, 0) is 30.2 Å². The highest BCUT2D eigenvalue weighted by Gasteiger charge is 2.31. The molecule has 0 aliphatic heterocycles. The Morgan fingerprint density at radius 3 is 2.57 bits per heavy atom. The van der Waals surface area contributed by atoms with Crippen LogP contribution < -0.4 is 16.0 Å². The fourth-order valence-corrected chi connectivity index (χ4v) is 1.92. The molecule has 0 atom stereocenters. The number of halogens is 3. The second kappa shape index (κ2) is 7.31. The molecule has 7 heteroatoms. The van der Waals surface area contributed by atoms with Gasteiger partial charge in [-0.25, -0.2) is 0 Å². The van der Waals surface area contributed by atoms with Crippen molar-refractivity contribution in [2.45, 2.75) is 26.1 Å². The van der Waals surface area contributed by atoms with Crippen molar-refractivity contribution < 1.29 is 18.0 Å². The molecule has 0 saturated heterocycles. The van der Waals surface area contributed by atoms with Crippen LogP contribution in [0.4, 0.5) is 18.9 Å². The summed E-state index contributed by atoms with van der Waals surface area (Å²) in [4.78, 5) is 13.2. The van der Waals surface area contributed by atoms with Gasteiger partial charge < -0.3 is 16.0 Å². The van der Waals surface area contributed by atoms with Crippen molar-refractivity contribution in [1.82, 2.24) is 5.32 Å². The number of nitrogens with one attached hydrogen (secondary N) is 1. The van der Waals surface area contributed by atoms with Gasteiger partial charge in [0.05, 0.1) is 12.1 Å². The standard InChI is InChI=1S/C14H20F3N3O/c1-3-6-19-13(21)9-20(2)12-5-4-11(14(15,16)17)7-10(12)8-18/h4-5,7H,3,6,8-9,18H2,1-2H3,(H,19,21). The molecule has 0 bridgehead atoms. The summed E-state index contributed by atoms with van der Waals surface area (Å²) in [5.74, 6) is -0.179. The lowest BCUT2D eigenvalue weighted by Gasteiger charge is -2.22. The Bertz CT molecular complexity index is 489. The van der Waals surface area contributed by atoms with Gasteiger partial charge in [0.2, 0.25) is 5.91 Å². The lowest BCUT2D eigenvalue weighted by atomic mass is 10.1. The van der Waals surface area contributed by atoms with Gasteiger partial charge in [0.1, 0.15) is 0 Å². The monoisotopic (exact) mass is 303 g/mol. The van der Waals surface area contributed by atoms with E-state index in [0.29, 0.717) is 17.8 Å². The summed E-state index contributed by atoms with van der Waals surface area (Å²) < 4.78 is 38.0. The first-order valence-electron chi connectivity index (χ1n) is 6.67. The van der Waals surface area contributed by atoms with E-state index in [9.17, 15) is 18.0 Å². The van der Waals surface area contributed by atoms with Gasteiger partial charge in [0, 0.05) is 25.8 Å². The van der Waals surface area contributed by atoms with E-state index in [1.165, 1.54) is 6.07 Å². The van der Waals surface area contributed by atoms with Gasteiger partial charge in [0.15, 0.2) is 0 Å². The molecular formula is C14H20F3N3O. The summed E-state index contributed by atoms with van der Waals surface area (Å²) in [5, 5.41) is 2.71. The molecule has 4 nitrogen and oxygen atoms in total. The molecule has 0 fully saturated rings. The average molecular weight is 303 g/mol. The molecule has 0 saturated carbocycles. The third kappa shape index (κ3) is 4.93. The second-order valence-corrected chi connectivity index (χ2v) is 4.75. The minimum absolute atomic E-state index is 0.0276. The Hall–Kier alpha value is -1.76.